The van der Waals surface area contributed by atoms with Gasteiger partial charge in [-0.25, -0.2) is 4.79 Å². The van der Waals surface area contributed by atoms with Crippen molar-refractivity contribution >= 4 is 12.0 Å². The zero-order valence-electron chi connectivity index (χ0n) is 11.9. The van der Waals surface area contributed by atoms with Gasteiger partial charge in [0.1, 0.15) is 0 Å². The number of carboxylic acid groups (broad SMARTS) is 1. The average molecular weight is 276 g/mol. The van der Waals surface area contributed by atoms with Gasteiger partial charge in [0, 0.05) is 13.1 Å². The number of amides is 2. The fourth-order valence-electron chi connectivity index (χ4n) is 1.56. The maximum absolute atomic E-state index is 11.8. The fourth-order valence-corrected chi connectivity index (χ4v) is 1.56. The number of rotatable bonds is 7. The lowest BCUT2D eigenvalue weighted by Crippen LogP contribution is -2.50. The van der Waals surface area contributed by atoms with Crippen LogP contribution in [0, 0.1) is 0 Å². The number of aliphatic carboxylic acids is 1. The van der Waals surface area contributed by atoms with Crippen LogP contribution in [0.5, 0.6) is 0 Å². The van der Waals surface area contributed by atoms with Crippen molar-refractivity contribution in [2.45, 2.75) is 45.3 Å². The summed E-state index contributed by atoms with van der Waals surface area (Å²) in [6.45, 7) is 6.66. The Kier molecular flexibility index (Phi) is 6.24. The summed E-state index contributed by atoms with van der Waals surface area (Å²) in [5, 5.41) is 30.5. The summed E-state index contributed by atoms with van der Waals surface area (Å²) in [6.07, 6.45) is -0.453. The summed E-state index contributed by atoms with van der Waals surface area (Å²) >= 11 is 0. The normalized spacial score (nSPS) is 14.6. The van der Waals surface area contributed by atoms with Gasteiger partial charge in [0.25, 0.3) is 0 Å². The molecule has 2 amide bonds. The molecule has 0 spiro atoms. The van der Waals surface area contributed by atoms with Crippen molar-refractivity contribution in [1.29, 1.82) is 0 Å². The molecule has 19 heavy (non-hydrogen) atoms. The summed E-state index contributed by atoms with van der Waals surface area (Å²) in [5.41, 5.74) is -2.52. The Morgan fingerprint density at radius 3 is 2.11 bits per heavy atom. The van der Waals surface area contributed by atoms with Crippen molar-refractivity contribution in [3.63, 3.8) is 0 Å². The van der Waals surface area contributed by atoms with E-state index in [-0.39, 0.29) is 13.1 Å². The minimum absolute atomic E-state index is 0.149. The first-order valence-corrected chi connectivity index (χ1v) is 6.16. The van der Waals surface area contributed by atoms with Gasteiger partial charge in [-0.2, -0.15) is 0 Å². The van der Waals surface area contributed by atoms with Crippen LogP contribution in [0.2, 0.25) is 0 Å². The molecule has 0 aromatic heterocycles. The number of nitrogens with one attached hydrogen (secondary N) is 1. The molecule has 0 aromatic carbocycles. The lowest BCUT2D eigenvalue weighted by Gasteiger charge is -2.29. The maximum Gasteiger partial charge on any atom is 0.317 e. The molecule has 0 fully saturated rings. The van der Waals surface area contributed by atoms with Crippen LogP contribution in [0.3, 0.4) is 0 Å². The van der Waals surface area contributed by atoms with Crippen LogP contribution in [0.25, 0.3) is 0 Å². The van der Waals surface area contributed by atoms with Crippen molar-refractivity contribution in [2.24, 2.45) is 0 Å². The second kappa shape index (κ2) is 6.72. The van der Waals surface area contributed by atoms with E-state index in [4.69, 9.17) is 5.11 Å². The van der Waals surface area contributed by atoms with Crippen LogP contribution < -0.4 is 5.32 Å². The SMILES string of the molecule is CCN(CC(C)(C)O)C(=O)NCC(C)(O)CC(=O)O. The smallest absolute Gasteiger partial charge is 0.317 e. The number of carbonyl (C=O) groups is 2. The zero-order valence-corrected chi connectivity index (χ0v) is 11.9. The van der Waals surface area contributed by atoms with E-state index in [1.165, 1.54) is 11.8 Å². The van der Waals surface area contributed by atoms with E-state index in [9.17, 15) is 19.8 Å². The molecule has 0 saturated heterocycles. The van der Waals surface area contributed by atoms with E-state index >= 15 is 0 Å². The molecule has 7 heteroatoms. The van der Waals surface area contributed by atoms with Crippen LogP contribution in [-0.4, -0.2) is 63.1 Å². The molecule has 0 aliphatic carbocycles. The predicted octanol–water partition coefficient (Wildman–Crippen LogP) is 0.0145. The summed E-state index contributed by atoms with van der Waals surface area (Å²) in [7, 11) is 0. The monoisotopic (exact) mass is 276 g/mol. The van der Waals surface area contributed by atoms with E-state index in [0.717, 1.165) is 0 Å². The molecular formula is C12H24N2O5. The van der Waals surface area contributed by atoms with E-state index in [1.54, 1.807) is 20.8 Å². The Morgan fingerprint density at radius 1 is 1.21 bits per heavy atom. The summed E-state index contributed by atoms with van der Waals surface area (Å²) in [4.78, 5) is 23.7. The van der Waals surface area contributed by atoms with Crippen LogP contribution in [0.15, 0.2) is 0 Å². The number of carbonyl (C=O) groups excluding carboxylic acids is 1. The van der Waals surface area contributed by atoms with Gasteiger partial charge in [-0.15, -0.1) is 0 Å². The fraction of sp³-hybridized carbons (Fsp3) is 0.833. The molecule has 0 radical (unpaired) electrons. The van der Waals surface area contributed by atoms with Gasteiger partial charge in [0.2, 0.25) is 0 Å². The minimum Gasteiger partial charge on any atom is -0.481 e. The Labute approximate surface area is 113 Å². The van der Waals surface area contributed by atoms with Gasteiger partial charge >= 0.3 is 12.0 Å². The molecule has 112 valence electrons. The van der Waals surface area contributed by atoms with E-state index in [2.05, 4.69) is 5.32 Å². The lowest BCUT2D eigenvalue weighted by molar-refractivity contribution is -0.141. The van der Waals surface area contributed by atoms with Crippen LogP contribution in [0.1, 0.15) is 34.1 Å². The van der Waals surface area contributed by atoms with E-state index in [0.29, 0.717) is 6.54 Å². The highest BCUT2D eigenvalue weighted by Crippen LogP contribution is 2.09. The highest BCUT2D eigenvalue weighted by Gasteiger charge is 2.27. The number of nitrogens with zero attached hydrogens (tertiary/aromatic N) is 1. The second-order valence-electron chi connectivity index (χ2n) is 5.55. The van der Waals surface area contributed by atoms with E-state index in [1.807, 2.05) is 0 Å². The molecule has 0 aliphatic rings. The van der Waals surface area contributed by atoms with Gasteiger partial charge < -0.3 is 25.5 Å². The highest BCUT2D eigenvalue weighted by molar-refractivity contribution is 5.74. The molecule has 0 heterocycles. The van der Waals surface area contributed by atoms with Crippen molar-refractivity contribution in [2.75, 3.05) is 19.6 Å². The van der Waals surface area contributed by atoms with Gasteiger partial charge in [-0.3, -0.25) is 4.79 Å². The van der Waals surface area contributed by atoms with Crippen LogP contribution in [0.4, 0.5) is 4.79 Å². The lowest BCUT2D eigenvalue weighted by atomic mass is 10.0. The standard InChI is InChI=1S/C12H24N2O5/c1-5-14(8-11(2,3)18)10(17)13-7-12(4,19)6-9(15)16/h18-19H,5-8H2,1-4H3,(H,13,17)(H,15,16). The molecule has 0 aliphatic heterocycles. The first-order valence-electron chi connectivity index (χ1n) is 6.16. The number of hydrogen-bond donors (Lipinski definition) is 4. The average Bonchev–Trinajstić information content (AvgIpc) is 2.19. The molecule has 0 rings (SSSR count). The first-order chi connectivity index (χ1) is 8.47. The number of carboxylic acids is 1. The predicted molar refractivity (Wildman–Crippen MR) is 69.8 cm³/mol. The number of hydrogen-bond acceptors (Lipinski definition) is 4. The summed E-state index contributed by atoms with van der Waals surface area (Å²) in [6, 6.07) is -0.449. The third-order valence-electron chi connectivity index (χ3n) is 2.40. The second-order valence-corrected chi connectivity index (χ2v) is 5.55. The topological polar surface area (TPSA) is 110 Å². The molecule has 4 N–H and O–H groups in total. The number of urea groups is 1. The van der Waals surface area contributed by atoms with Gasteiger partial charge in [0.05, 0.1) is 24.2 Å². The molecular weight excluding hydrogens is 252 g/mol. The Bertz CT molecular complexity index is 323. The van der Waals surface area contributed by atoms with Gasteiger partial charge in [-0.05, 0) is 27.7 Å². The van der Waals surface area contributed by atoms with Gasteiger partial charge in [0.15, 0.2) is 0 Å². The first kappa shape index (κ1) is 17.7. The van der Waals surface area contributed by atoms with Crippen molar-refractivity contribution < 1.29 is 24.9 Å². The number of likely N-dealkylation sites (N-methyl/N-ethyl adjacent to an activating group) is 1. The largest absolute Gasteiger partial charge is 0.481 e. The maximum atomic E-state index is 11.8. The summed E-state index contributed by atoms with van der Waals surface area (Å²) in [5.74, 6) is -1.14. The van der Waals surface area contributed by atoms with Crippen LogP contribution in [-0.2, 0) is 4.79 Å². The molecule has 7 nitrogen and oxygen atoms in total. The molecule has 1 atom stereocenters. The molecule has 0 bridgehead atoms. The quantitative estimate of drug-likeness (QED) is 0.524. The molecule has 1 unspecified atom stereocenters. The molecule has 0 saturated carbocycles. The summed E-state index contributed by atoms with van der Waals surface area (Å²) < 4.78 is 0. The third-order valence-corrected chi connectivity index (χ3v) is 2.40. The Balaban J connectivity index is 4.39. The molecule has 0 aromatic rings. The van der Waals surface area contributed by atoms with Crippen molar-refractivity contribution in [1.82, 2.24) is 10.2 Å². The third kappa shape index (κ3) is 8.39. The number of aliphatic hydroxyl groups is 2. The Morgan fingerprint density at radius 2 is 1.74 bits per heavy atom. The van der Waals surface area contributed by atoms with E-state index < -0.39 is 29.6 Å². The van der Waals surface area contributed by atoms with Gasteiger partial charge in [-0.1, -0.05) is 0 Å². The van der Waals surface area contributed by atoms with Crippen LogP contribution >= 0.6 is 0 Å². The highest BCUT2D eigenvalue weighted by atomic mass is 16.4. The van der Waals surface area contributed by atoms with Crippen molar-refractivity contribution in [3.05, 3.63) is 0 Å². The zero-order chi connectivity index (χ0) is 15.3. The Hall–Kier alpha value is -1.34. The minimum atomic E-state index is -1.50. The van der Waals surface area contributed by atoms with Crippen molar-refractivity contribution in [3.8, 4) is 0 Å².